The van der Waals surface area contributed by atoms with Crippen molar-refractivity contribution in [2.45, 2.75) is 31.8 Å². The Bertz CT molecular complexity index is 401. The Morgan fingerprint density at radius 2 is 1.75 bits per heavy atom. The number of hydrogen-bond acceptors (Lipinski definition) is 3. The van der Waals surface area contributed by atoms with Gasteiger partial charge in [0.2, 0.25) is 0 Å². The number of hydrogen-bond donors (Lipinski definition) is 1. The van der Waals surface area contributed by atoms with Crippen LogP contribution in [0.2, 0.25) is 0 Å². The van der Waals surface area contributed by atoms with Crippen molar-refractivity contribution >= 4 is 0 Å². The number of aliphatic hydroxyl groups excluding tert-OH is 1. The standard InChI is InChI=1S/C17H26N2O/c20-14-16-6-11-19(13-16)17-7-9-18(10-8-17)12-15-4-2-1-3-5-15/h1-5,16-17,20H,6-14H2. The number of aliphatic hydroxyl groups is 1. The predicted octanol–water partition coefficient (Wildman–Crippen LogP) is 1.97. The summed E-state index contributed by atoms with van der Waals surface area (Å²) in [6, 6.07) is 11.5. The maximum atomic E-state index is 9.25. The fourth-order valence-electron chi connectivity index (χ4n) is 3.63. The zero-order valence-electron chi connectivity index (χ0n) is 12.2. The van der Waals surface area contributed by atoms with Crippen LogP contribution in [-0.2, 0) is 6.54 Å². The molecule has 1 aromatic rings. The minimum Gasteiger partial charge on any atom is -0.396 e. The molecule has 1 aromatic carbocycles. The average molecular weight is 274 g/mol. The van der Waals surface area contributed by atoms with E-state index in [1.807, 2.05) is 0 Å². The maximum Gasteiger partial charge on any atom is 0.0471 e. The van der Waals surface area contributed by atoms with Crippen molar-refractivity contribution < 1.29 is 5.11 Å². The van der Waals surface area contributed by atoms with Crippen molar-refractivity contribution in [2.24, 2.45) is 5.92 Å². The molecule has 2 saturated heterocycles. The van der Waals surface area contributed by atoms with Gasteiger partial charge in [0.25, 0.3) is 0 Å². The zero-order chi connectivity index (χ0) is 13.8. The summed E-state index contributed by atoms with van der Waals surface area (Å²) in [5, 5.41) is 9.25. The molecule has 1 atom stereocenters. The Hall–Kier alpha value is -0.900. The molecule has 1 unspecified atom stereocenters. The second-order valence-electron chi connectivity index (χ2n) is 6.33. The third-order valence-electron chi connectivity index (χ3n) is 4.90. The van der Waals surface area contributed by atoms with Crippen LogP contribution in [0, 0.1) is 5.92 Å². The number of rotatable bonds is 4. The van der Waals surface area contributed by atoms with Gasteiger partial charge in [0, 0.05) is 25.7 Å². The molecule has 2 fully saturated rings. The fraction of sp³-hybridized carbons (Fsp3) is 0.647. The van der Waals surface area contributed by atoms with E-state index in [1.54, 1.807) is 0 Å². The van der Waals surface area contributed by atoms with E-state index in [0.717, 1.165) is 19.1 Å². The van der Waals surface area contributed by atoms with Gasteiger partial charge in [-0.05, 0) is 50.4 Å². The van der Waals surface area contributed by atoms with Gasteiger partial charge in [0.1, 0.15) is 0 Å². The lowest BCUT2D eigenvalue weighted by molar-refractivity contribution is 0.115. The molecule has 1 N–H and O–H groups in total. The average Bonchev–Trinajstić information content (AvgIpc) is 2.98. The molecule has 0 aliphatic carbocycles. The predicted molar refractivity (Wildman–Crippen MR) is 81.5 cm³/mol. The van der Waals surface area contributed by atoms with Gasteiger partial charge >= 0.3 is 0 Å². The summed E-state index contributed by atoms with van der Waals surface area (Å²) < 4.78 is 0. The SMILES string of the molecule is OCC1CCN(C2CCN(Cc3ccccc3)CC2)C1. The Labute approximate surface area is 122 Å². The van der Waals surface area contributed by atoms with E-state index >= 15 is 0 Å². The molecule has 0 bridgehead atoms. The number of likely N-dealkylation sites (tertiary alicyclic amines) is 2. The lowest BCUT2D eigenvalue weighted by Gasteiger charge is -2.36. The van der Waals surface area contributed by atoms with Crippen LogP contribution >= 0.6 is 0 Å². The summed E-state index contributed by atoms with van der Waals surface area (Å²) in [7, 11) is 0. The van der Waals surface area contributed by atoms with Crippen molar-refractivity contribution in [3.8, 4) is 0 Å². The first-order valence-electron chi connectivity index (χ1n) is 7.96. The quantitative estimate of drug-likeness (QED) is 0.909. The fourth-order valence-corrected chi connectivity index (χ4v) is 3.63. The van der Waals surface area contributed by atoms with Gasteiger partial charge in [-0.15, -0.1) is 0 Å². The van der Waals surface area contributed by atoms with Crippen LogP contribution in [0.25, 0.3) is 0 Å². The van der Waals surface area contributed by atoms with Gasteiger partial charge in [-0.1, -0.05) is 30.3 Å². The van der Waals surface area contributed by atoms with Gasteiger partial charge in [0.15, 0.2) is 0 Å². The third kappa shape index (κ3) is 3.40. The van der Waals surface area contributed by atoms with Crippen molar-refractivity contribution in [2.75, 3.05) is 32.8 Å². The van der Waals surface area contributed by atoms with Crippen molar-refractivity contribution in [1.29, 1.82) is 0 Å². The van der Waals surface area contributed by atoms with E-state index in [0.29, 0.717) is 12.5 Å². The molecule has 20 heavy (non-hydrogen) atoms. The molecule has 2 aliphatic heterocycles. The highest BCUT2D eigenvalue weighted by atomic mass is 16.3. The van der Waals surface area contributed by atoms with Gasteiger partial charge in [-0.25, -0.2) is 0 Å². The minimum absolute atomic E-state index is 0.364. The molecule has 2 heterocycles. The van der Waals surface area contributed by atoms with E-state index in [-0.39, 0.29) is 0 Å². The van der Waals surface area contributed by atoms with Crippen LogP contribution in [0.15, 0.2) is 30.3 Å². The Kier molecular flexibility index (Phi) is 4.71. The van der Waals surface area contributed by atoms with Gasteiger partial charge < -0.3 is 5.11 Å². The molecular weight excluding hydrogens is 248 g/mol. The smallest absolute Gasteiger partial charge is 0.0471 e. The van der Waals surface area contributed by atoms with E-state index in [1.165, 1.54) is 44.5 Å². The topological polar surface area (TPSA) is 26.7 Å². The van der Waals surface area contributed by atoms with E-state index in [9.17, 15) is 5.11 Å². The first-order chi connectivity index (χ1) is 9.85. The first kappa shape index (κ1) is 14.1. The van der Waals surface area contributed by atoms with E-state index in [2.05, 4.69) is 40.1 Å². The Balaban J connectivity index is 1.45. The summed E-state index contributed by atoms with van der Waals surface area (Å²) in [6.07, 6.45) is 3.75. The number of piperidine rings is 1. The number of benzene rings is 1. The molecular formula is C17H26N2O. The van der Waals surface area contributed by atoms with Gasteiger partial charge in [-0.2, -0.15) is 0 Å². The molecule has 0 radical (unpaired) electrons. The van der Waals surface area contributed by atoms with Crippen molar-refractivity contribution in [3.05, 3.63) is 35.9 Å². The normalized spacial score (nSPS) is 26.1. The van der Waals surface area contributed by atoms with Crippen LogP contribution in [-0.4, -0.2) is 53.7 Å². The van der Waals surface area contributed by atoms with Gasteiger partial charge in [-0.3, -0.25) is 9.80 Å². The summed E-state index contributed by atoms with van der Waals surface area (Å²) in [4.78, 5) is 5.19. The molecule has 3 nitrogen and oxygen atoms in total. The second-order valence-corrected chi connectivity index (χ2v) is 6.33. The highest BCUT2D eigenvalue weighted by Gasteiger charge is 2.30. The lowest BCUT2D eigenvalue weighted by atomic mass is 10.0. The van der Waals surface area contributed by atoms with Crippen LogP contribution in [0.1, 0.15) is 24.8 Å². The molecule has 3 rings (SSSR count). The Morgan fingerprint density at radius 1 is 1.00 bits per heavy atom. The maximum absolute atomic E-state index is 9.25. The highest BCUT2D eigenvalue weighted by molar-refractivity contribution is 5.14. The largest absolute Gasteiger partial charge is 0.396 e. The molecule has 110 valence electrons. The third-order valence-corrected chi connectivity index (χ3v) is 4.90. The van der Waals surface area contributed by atoms with Crippen molar-refractivity contribution in [3.63, 3.8) is 0 Å². The van der Waals surface area contributed by atoms with Gasteiger partial charge in [0.05, 0.1) is 0 Å². The second kappa shape index (κ2) is 6.70. The van der Waals surface area contributed by atoms with E-state index in [4.69, 9.17) is 0 Å². The highest BCUT2D eigenvalue weighted by Crippen LogP contribution is 2.24. The monoisotopic (exact) mass is 274 g/mol. The van der Waals surface area contributed by atoms with Crippen LogP contribution < -0.4 is 0 Å². The summed E-state index contributed by atoms with van der Waals surface area (Å²) in [6.45, 7) is 6.17. The van der Waals surface area contributed by atoms with Crippen molar-refractivity contribution in [1.82, 2.24) is 9.80 Å². The Morgan fingerprint density at radius 3 is 2.40 bits per heavy atom. The molecule has 0 amide bonds. The lowest BCUT2D eigenvalue weighted by Crippen LogP contribution is -2.43. The van der Waals surface area contributed by atoms with Crippen LogP contribution in [0.4, 0.5) is 0 Å². The molecule has 0 aromatic heterocycles. The van der Waals surface area contributed by atoms with Crippen LogP contribution in [0.5, 0.6) is 0 Å². The minimum atomic E-state index is 0.364. The zero-order valence-corrected chi connectivity index (χ0v) is 12.2. The summed E-state index contributed by atoms with van der Waals surface area (Å²) >= 11 is 0. The first-order valence-corrected chi connectivity index (χ1v) is 7.96. The number of nitrogens with zero attached hydrogens (tertiary/aromatic N) is 2. The molecule has 2 aliphatic rings. The molecule has 0 saturated carbocycles. The van der Waals surface area contributed by atoms with Crippen LogP contribution in [0.3, 0.4) is 0 Å². The molecule has 0 spiro atoms. The summed E-state index contributed by atoms with van der Waals surface area (Å²) in [5.41, 5.74) is 1.42. The van der Waals surface area contributed by atoms with E-state index < -0.39 is 0 Å². The molecule has 3 heteroatoms. The summed E-state index contributed by atoms with van der Waals surface area (Å²) in [5.74, 6) is 0.525.